The summed E-state index contributed by atoms with van der Waals surface area (Å²) in [6.45, 7) is 8.45. The Bertz CT molecular complexity index is 436. The van der Waals surface area contributed by atoms with Crippen LogP contribution in [0.1, 0.15) is 27.7 Å². The molecule has 1 amide bonds. The molecule has 0 spiro atoms. The summed E-state index contributed by atoms with van der Waals surface area (Å²) in [5, 5.41) is 12.7. The van der Waals surface area contributed by atoms with E-state index in [1.807, 2.05) is 56.1 Å². The maximum absolute atomic E-state index is 12.3. The zero-order chi connectivity index (χ0) is 15.4. The number of aliphatic hydroxyl groups is 1. The van der Waals surface area contributed by atoms with Crippen LogP contribution in [0.2, 0.25) is 0 Å². The fourth-order valence-corrected chi connectivity index (χ4v) is 2.28. The van der Waals surface area contributed by atoms with Crippen LogP contribution < -0.4 is 5.32 Å². The van der Waals surface area contributed by atoms with E-state index in [-0.39, 0.29) is 5.91 Å². The van der Waals surface area contributed by atoms with E-state index in [0.29, 0.717) is 13.1 Å². The number of amides is 1. The van der Waals surface area contributed by atoms with Gasteiger partial charge in [-0.05, 0) is 46.9 Å². The Morgan fingerprint density at radius 1 is 1.15 bits per heavy atom. The standard InChI is InChI=1S/C16H26N2O2/c1-15(2,11-18(5)12-16(3,4)20)14(19)17-13-9-7-6-8-10-13/h6-10,20H,11-12H2,1-5H3,(H,17,19). The van der Waals surface area contributed by atoms with Gasteiger partial charge < -0.3 is 15.3 Å². The van der Waals surface area contributed by atoms with Gasteiger partial charge in [-0.1, -0.05) is 18.2 Å². The van der Waals surface area contributed by atoms with Crippen molar-refractivity contribution in [2.75, 3.05) is 25.5 Å². The molecule has 0 bridgehead atoms. The number of carbonyl (C=O) groups is 1. The fraction of sp³-hybridized carbons (Fsp3) is 0.562. The number of nitrogens with zero attached hydrogens (tertiary/aromatic N) is 1. The Morgan fingerprint density at radius 2 is 1.70 bits per heavy atom. The van der Waals surface area contributed by atoms with Gasteiger partial charge in [-0.3, -0.25) is 4.79 Å². The minimum absolute atomic E-state index is 0.0219. The lowest BCUT2D eigenvalue weighted by Crippen LogP contribution is -2.45. The predicted octanol–water partition coefficient (Wildman–Crippen LogP) is 2.35. The molecule has 4 heteroatoms. The first kappa shape index (κ1) is 16.7. The molecule has 1 aromatic rings. The third kappa shape index (κ3) is 5.72. The molecule has 0 heterocycles. The van der Waals surface area contributed by atoms with E-state index < -0.39 is 11.0 Å². The fourth-order valence-electron chi connectivity index (χ4n) is 2.28. The molecule has 0 fully saturated rings. The van der Waals surface area contributed by atoms with E-state index in [1.54, 1.807) is 13.8 Å². The molecule has 4 nitrogen and oxygen atoms in total. The maximum atomic E-state index is 12.3. The van der Waals surface area contributed by atoms with Gasteiger partial charge in [0, 0.05) is 18.8 Å². The monoisotopic (exact) mass is 278 g/mol. The van der Waals surface area contributed by atoms with Gasteiger partial charge in [-0.2, -0.15) is 0 Å². The molecule has 0 aliphatic heterocycles. The molecule has 0 saturated heterocycles. The lowest BCUT2D eigenvalue weighted by atomic mass is 9.91. The summed E-state index contributed by atoms with van der Waals surface area (Å²) in [6, 6.07) is 9.44. The molecule has 112 valence electrons. The van der Waals surface area contributed by atoms with Gasteiger partial charge in [0.15, 0.2) is 0 Å². The van der Waals surface area contributed by atoms with Gasteiger partial charge in [-0.25, -0.2) is 0 Å². The van der Waals surface area contributed by atoms with E-state index in [9.17, 15) is 9.90 Å². The smallest absolute Gasteiger partial charge is 0.231 e. The van der Waals surface area contributed by atoms with Crippen LogP contribution in [0.15, 0.2) is 30.3 Å². The molecule has 0 aliphatic rings. The summed E-state index contributed by atoms with van der Waals surface area (Å²) in [5.41, 5.74) is -0.493. The quantitative estimate of drug-likeness (QED) is 0.840. The van der Waals surface area contributed by atoms with Crippen LogP contribution in [0.25, 0.3) is 0 Å². The number of nitrogens with one attached hydrogen (secondary N) is 1. The normalized spacial score (nSPS) is 12.6. The first-order valence-electron chi connectivity index (χ1n) is 6.88. The first-order chi connectivity index (χ1) is 9.10. The van der Waals surface area contributed by atoms with Crippen LogP contribution in [0.4, 0.5) is 5.69 Å². The van der Waals surface area contributed by atoms with Crippen molar-refractivity contribution in [1.29, 1.82) is 0 Å². The van der Waals surface area contributed by atoms with Crippen molar-refractivity contribution in [2.24, 2.45) is 5.41 Å². The number of likely N-dealkylation sites (N-methyl/N-ethyl adjacent to an activating group) is 1. The minimum atomic E-state index is -0.763. The topological polar surface area (TPSA) is 52.6 Å². The number of carbonyl (C=O) groups excluding carboxylic acids is 1. The molecule has 0 aromatic heterocycles. The summed E-state index contributed by atoms with van der Waals surface area (Å²) in [6.07, 6.45) is 0. The number of hydrogen-bond donors (Lipinski definition) is 2. The van der Waals surface area contributed by atoms with Crippen LogP contribution in [0.3, 0.4) is 0 Å². The summed E-state index contributed by atoms with van der Waals surface area (Å²) >= 11 is 0. The minimum Gasteiger partial charge on any atom is -0.389 e. The van der Waals surface area contributed by atoms with Crippen LogP contribution in [-0.4, -0.2) is 41.7 Å². The number of rotatable bonds is 6. The van der Waals surface area contributed by atoms with Gasteiger partial charge in [0.2, 0.25) is 5.91 Å². The largest absolute Gasteiger partial charge is 0.389 e. The van der Waals surface area contributed by atoms with Crippen molar-refractivity contribution in [3.8, 4) is 0 Å². The highest BCUT2D eigenvalue weighted by molar-refractivity contribution is 5.94. The lowest BCUT2D eigenvalue weighted by Gasteiger charge is -2.32. The molecule has 1 aromatic carbocycles. The molecule has 0 radical (unpaired) electrons. The van der Waals surface area contributed by atoms with E-state index in [4.69, 9.17) is 0 Å². The Labute approximate surface area is 121 Å². The van der Waals surface area contributed by atoms with Gasteiger partial charge in [0.25, 0.3) is 0 Å². The Kier molecular flexibility index (Phi) is 5.31. The highest BCUT2D eigenvalue weighted by atomic mass is 16.3. The predicted molar refractivity (Wildman–Crippen MR) is 82.6 cm³/mol. The molecular formula is C16H26N2O2. The average molecular weight is 278 g/mol. The SMILES string of the molecule is CN(CC(C)(C)O)CC(C)(C)C(=O)Nc1ccccc1. The molecule has 0 atom stereocenters. The first-order valence-corrected chi connectivity index (χ1v) is 6.88. The highest BCUT2D eigenvalue weighted by Gasteiger charge is 2.30. The van der Waals surface area contributed by atoms with Crippen molar-refractivity contribution >= 4 is 11.6 Å². The van der Waals surface area contributed by atoms with Crippen molar-refractivity contribution in [3.05, 3.63) is 30.3 Å². The molecule has 0 aliphatic carbocycles. The van der Waals surface area contributed by atoms with Gasteiger partial charge in [-0.15, -0.1) is 0 Å². The number of para-hydroxylation sites is 1. The van der Waals surface area contributed by atoms with Crippen LogP contribution >= 0.6 is 0 Å². The van der Waals surface area contributed by atoms with E-state index in [2.05, 4.69) is 5.32 Å². The van der Waals surface area contributed by atoms with Crippen molar-refractivity contribution in [3.63, 3.8) is 0 Å². The Morgan fingerprint density at radius 3 is 2.20 bits per heavy atom. The maximum Gasteiger partial charge on any atom is 0.231 e. The average Bonchev–Trinajstić information content (AvgIpc) is 2.26. The molecule has 0 unspecified atom stereocenters. The summed E-state index contributed by atoms with van der Waals surface area (Å²) in [4.78, 5) is 14.3. The second-order valence-electron chi connectivity index (χ2n) is 6.69. The third-order valence-electron chi connectivity index (χ3n) is 2.97. The molecular weight excluding hydrogens is 252 g/mol. The van der Waals surface area contributed by atoms with Crippen LogP contribution in [0, 0.1) is 5.41 Å². The number of hydrogen-bond acceptors (Lipinski definition) is 3. The zero-order valence-corrected chi connectivity index (χ0v) is 13.1. The highest BCUT2D eigenvalue weighted by Crippen LogP contribution is 2.20. The van der Waals surface area contributed by atoms with Gasteiger partial charge >= 0.3 is 0 Å². The van der Waals surface area contributed by atoms with Gasteiger partial charge in [0.05, 0.1) is 11.0 Å². The van der Waals surface area contributed by atoms with Crippen molar-refractivity contribution < 1.29 is 9.90 Å². The van der Waals surface area contributed by atoms with E-state index >= 15 is 0 Å². The summed E-state index contributed by atoms with van der Waals surface area (Å²) < 4.78 is 0. The second-order valence-corrected chi connectivity index (χ2v) is 6.69. The molecule has 1 rings (SSSR count). The van der Waals surface area contributed by atoms with Crippen molar-refractivity contribution in [1.82, 2.24) is 4.90 Å². The zero-order valence-electron chi connectivity index (χ0n) is 13.1. The number of anilines is 1. The summed E-state index contributed by atoms with van der Waals surface area (Å²) in [5.74, 6) is -0.0219. The van der Waals surface area contributed by atoms with E-state index in [1.165, 1.54) is 0 Å². The Balaban J connectivity index is 2.61. The van der Waals surface area contributed by atoms with Crippen molar-refractivity contribution in [2.45, 2.75) is 33.3 Å². The van der Waals surface area contributed by atoms with Crippen LogP contribution in [-0.2, 0) is 4.79 Å². The lowest BCUT2D eigenvalue weighted by molar-refractivity contribution is -0.125. The van der Waals surface area contributed by atoms with Crippen LogP contribution in [0.5, 0.6) is 0 Å². The Hall–Kier alpha value is -1.39. The summed E-state index contributed by atoms with van der Waals surface area (Å²) in [7, 11) is 1.91. The molecule has 0 saturated carbocycles. The molecule has 2 N–H and O–H groups in total. The number of benzene rings is 1. The second kappa shape index (κ2) is 6.37. The molecule has 20 heavy (non-hydrogen) atoms. The third-order valence-corrected chi connectivity index (χ3v) is 2.97. The van der Waals surface area contributed by atoms with E-state index in [0.717, 1.165) is 5.69 Å². The van der Waals surface area contributed by atoms with Gasteiger partial charge in [0.1, 0.15) is 0 Å².